The van der Waals surface area contributed by atoms with Gasteiger partial charge in [-0.15, -0.1) is 0 Å². The van der Waals surface area contributed by atoms with Gasteiger partial charge in [0, 0.05) is 25.1 Å². The number of nitrogens with zero attached hydrogens (tertiary/aromatic N) is 2. The van der Waals surface area contributed by atoms with E-state index in [-0.39, 0.29) is 5.82 Å². The number of hydrogen-bond donors (Lipinski definition) is 0. The predicted octanol–water partition coefficient (Wildman–Crippen LogP) is 2.05. The van der Waals surface area contributed by atoms with E-state index >= 15 is 0 Å². The molecule has 0 saturated carbocycles. The van der Waals surface area contributed by atoms with Crippen molar-refractivity contribution in [2.75, 3.05) is 23.8 Å². The lowest BCUT2D eigenvalue weighted by Gasteiger charge is -2.16. The maximum absolute atomic E-state index is 13.0. The summed E-state index contributed by atoms with van der Waals surface area (Å²) in [6, 6.07) is 2.99. The van der Waals surface area contributed by atoms with Gasteiger partial charge in [-0.2, -0.15) is 0 Å². The highest BCUT2D eigenvalue weighted by Crippen LogP contribution is 2.12. The lowest BCUT2D eigenvalue weighted by molar-refractivity contribution is 0.617. The lowest BCUT2D eigenvalue weighted by atomic mass is 10.4. The number of pyridine rings is 1. The minimum Gasteiger partial charge on any atom is -0.356 e. The highest BCUT2D eigenvalue weighted by atomic mass is 79.9. The van der Waals surface area contributed by atoms with Gasteiger partial charge in [0.2, 0.25) is 0 Å². The molecule has 0 N–H and O–H groups in total. The quantitative estimate of drug-likeness (QED) is 0.743. The first-order valence-electron chi connectivity index (χ1n) is 3.63. The Balaban J connectivity index is 2.79. The molecule has 0 amide bonds. The van der Waals surface area contributed by atoms with Gasteiger partial charge in [-0.3, -0.25) is 0 Å². The summed E-state index contributed by atoms with van der Waals surface area (Å²) in [5.74, 6) is 0.123. The molecule has 0 aliphatic rings. The van der Waals surface area contributed by atoms with E-state index in [0.29, 0.717) is 5.82 Å². The van der Waals surface area contributed by atoms with Crippen LogP contribution in [-0.2, 0) is 0 Å². The van der Waals surface area contributed by atoms with E-state index in [1.165, 1.54) is 6.07 Å². The van der Waals surface area contributed by atoms with Crippen molar-refractivity contribution in [3.63, 3.8) is 0 Å². The van der Waals surface area contributed by atoms with E-state index in [4.69, 9.17) is 0 Å². The standard InChI is InChI=1S/C8H10BrFN2/c1-12(6-4-9)8-7(10)3-2-5-11-8/h2-3,5H,4,6H2,1H3. The van der Waals surface area contributed by atoms with Crippen molar-refractivity contribution in [3.05, 3.63) is 24.1 Å². The van der Waals surface area contributed by atoms with E-state index in [1.54, 1.807) is 17.2 Å². The Morgan fingerprint density at radius 1 is 1.67 bits per heavy atom. The van der Waals surface area contributed by atoms with Gasteiger partial charge in [-0.25, -0.2) is 9.37 Å². The molecular formula is C8H10BrFN2. The molecule has 0 aromatic carbocycles. The van der Waals surface area contributed by atoms with E-state index in [9.17, 15) is 4.39 Å². The number of anilines is 1. The third kappa shape index (κ3) is 2.17. The van der Waals surface area contributed by atoms with Crippen LogP contribution in [0.4, 0.5) is 10.2 Å². The topological polar surface area (TPSA) is 16.1 Å². The number of alkyl halides is 1. The Labute approximate surface area is 79.5 Å². The molecule has 0 saturated heterocycles. The van der Waals surface area contributed by atoms with Crippen LogP contribution in [0.25, 0.3) is 0 Å². The third-order valence-electron chi connectivity index (χ3n) is 1.52. The largest absolute Gasteiger partial charge is 0.356 e. The Hall–Kier alpha value is -0.640. The molecule has 0 fully saturated rings. The Bertz CT molecular complexity index is 255. The van der Waals surface area contributed by atoms with E-state index in [2.05, 4.69) is 20.9 Å². The van der Waals surface area contributed by atoms with E-state index in [0.717, 1.165) is 11.9 Å². The van der Waals surface area contributed by atoms with Crippen LogP contribution in [0.2, 0.25) is 0 Å². The average molecular weight is 233 g/mol. The highest BCUT2D eigenvalue weighted by molar-refractivity contribution is 9.09. The number of aromatic nitrogens is 1. The van der Waals surface area contributed by atoms with Crippen LogP contribution < -0.4 is 4.90 Å². The van der Waals surface area contributed by atoms with Crippen LogP contribution in [0.1, 0.15) is 0 Å². The molecule has 0 unspecified atom stereocenters. The lowest BCUT2D eigenvalue weighted by Crippen LogP contribution is -2.21. The summed E-state index contributed by atoms with van der Waals surface area (Å²) in [7, 11) is 1.81. The van der Waals surface area contributed by atoms with Crippen LogP contribution in [-0.4, -0.2) is 23.9 Å². The molecule has 0 bridgehead atoms. The van der Waals surface area contributed by atoms with Gasteiger partial charge in [0.25, 0.3) is 0 Å². The third-order valence-corrected chi connectivity index (χ3v) is 1.88. The first-order chi connectivity index (χ1) is 5.75. The maximum Gasteiger partial charge on any atom is 0.165 e. The summed E-state index contributed by atoms with van der Waals surface area (Å²) in [5.41, 5.74) is 0. The SMILES string of the molecule is CN(CCBr)c1ncccc1F. The van der Waals surface area contributed by atoms with Crippen molar-refractivity contribution in [1.82, 2.24) is 4.98 Å². The van der Waals surface area contributed by atoms with Gasteiger partial charge in [0.05, 0.1) is 0 Å². The normalized spacial score (nSPS) is 9.92. The average Bonchev–Trinajstić information content (AvgIpc) is 2.05. The van der Waals surface area contributed by atoms with Crippen LogP contribution in [0.3, 0.4) is 0 Å². The van der Waals surface area contributed by atoms with Crippen molar-refractivity contribution < 1.29 is 4.39 Å². The Morgan fingerprint density at radius 2 is 2.42 bits per heavy atom. The molecule has 0 radical (unpaired) electrons. The van der Waals surface area contributed by atoms with Crippen LogP contribution in [0.15, 0.2) is 18.3 Å². The van der Waals surface area contributed by atoms with Gasteiger partial charge in [0.1, 0.15) is 0 Å². The zero-order valence-corrected chi connectivity index (χ0v) is 8.38. The molecule has 1 rings (SSSR count). The number of halogens is 2. The van der Waals surface area contributed by atoms with Gasteiger partial charge >= 0.3 is 0 Å². The smallest absolute Gasteiger partial charge is 0.165 e. The fraction of sp³-hybridized carbons (Fsp3) is 0.375. The molecule has 2 nitrogen and oxygen atoms in total. The second-order valence-electron chi connectivity index (χ2n) is 2.42. The van der Waals surface area contributed by atoms with Crippen molar-refractivity contribution >= 4 is 21.7 Å². The summed E-state index contributed by atoms with van der Waals surface area (Å²) in [6.07, 6.45) is 1.59. The van der Waals surface area contributed by atoms with Crippen LogP contribution in [0.5, 0.6) is 0 Å². The summed E-state index contributed by atoms with van der Waals surface area (Å²) < 4.78 is 13.0. The summed E-state index contributed by atoms with van der Waals surface area (Å²) in [4.78, 5) is 5.69. The molecule has 0 spiro atoms. The molecule has 0 aliphatic heterocycles. The van der Waals surface area contributed by atoms with E-state index < -0.39 is 0 Å². The minimum absolute atomic E-state index is 0.277. The summed E-state index contributed by atoms with van der Waals surface area (Å²) in [6.45, 7) is 0.744. The molecule has 1 aromatic heterocycles. The number of hydrogen-bond acceptors (Lipinski definition) is 2. The molecule has 12 heavy (non-hydrogen) atoms. The van der Waals surface area contributed by atoms with Crippen LogP contribution in [0, 0.1) is 5.82 Å². The molecular weight excluding hydrogens is 223 g/mol. The Morgan fingerprint density at radius 3 is 3.00 bits per heavy atom. The van der Waals surface area contributed by atoms with Gasteiger partial charge in [-0.05, 0) is 12.1 Å². The monoisotopic (exact) mass is 232 g/mol. The van der Waals surface area contributed by atoms with Gasteiger partial charge in [-0.1, -0.05) is 15.9 Å². The number of rotatable bonds is 3. The predicted molar refractivity (Wildman–Crippen MR) is 51.3 cm³/mol. The highest BCUT2D eigenvalue weighted by Gasteiger charge is 2.06. The minimum atomic E-state index is -0.277. The molecule has 0 atom stereocenters. The summed E-state index contributed by atoms with van der Waals surface area (Å²) >= 11 is 3.28. The molecule has 1 heterocycles. The molecule has 1 aromatic rings. The molecule has 4 heteroatoms. The van der Waals surface area contributed by atoms with Crippen molar-refractivity contribution in [2.45, 2.75) is 0 Å². The Kier molecular flexibility index (Phi) is 3.47. The van der Waals surface area contributed by atoms with E-state index in [1.807, 2.05) is 7.05 Å². The second-order valence-corrected chi connectivity index (χ2v) is 3.21. The van der Waals surface area contributed by atoms with Gasteiger partial charge < -0.3 is 4.90 Å². The summed E-state index contributed by atoms with van der Waals surface area (Å²) in [5, 5.41) is 0.805. The molecule has 66 valence electrons. The van der Waals surface area contributed by atoms with Gasteiger partial charge in [0.15, 0.2) is 11.6 Å². The van der Waals surface area contributed by atoms with Crippen molar-refractivity contribution in [3.8, 4) is 0 Å². The fourth-order valence-corrected chi connectivity index (χ4v) is 1.42. The van der Waals surface area contributed by atoms with Crippen LogP contribution >= 0.6 is 15.9 Å². The van der Waals surface area contributed by atoms with Crippen molar-refractivity contribution in [2.24, 2.45) is 0 Å². The zero-order valence-electron chi connectivity index (χ0n) is 6.80. The second kappa shape index (κ2) is 4.40. The fourth-order valence-electron chi connectivity index (χ4n) is 0.891. The zero-order chi connectivity index (χ0) is 8.97. The first-order valence-corrected chi connectivity index (χ1v) is 4.75. The maximum atomic E-state index is 13.0. The first kappa shape index (κ1) is 9.45. The van der Waals surface area contributed by atoms with Crippen molar-refractivity contribution in [1.29, 1.82) is 0 Å². The molecule has 0 aliphatic carbocycles.